The van der Waals surface area contributed by atoms with Crippen molar-refractivity contribution in [2.45, 2.75) is 6.42 Å². The molecule has 0 amide bonds. The summed E-state index contributed by atoms with van der Waals surface area (Å²) in [6, 6.07) is 7.06. The number of aromatic amines is 1. The van der Waals surface area contributed by atoms with Crippen LogP contribution in [0.1, 0.15) is 27.9 Å². The molecule has 4 heterocycles. The highest BCUT2D eigenvalue weighted by molar-refractivity contribution is 5.86. The SMILES string of the molecule is C#Cc1ccnc2[nH]cc(Cc3ccc([CH]c4cnc(OC)c(F)c4)nc3)c12. The second-order valence-electron chi connectivity index (χ2n) is 6.21. The van der Waals surface area contributed by atoms with Crippen molar-refractivity contribution < 1.29 is 9.13 Å². The van der Waals surface area contributed by atoms with E-state index < -0.39 is 5.82 Å². The number of halogens is 1. The van der Waals surface area contributed by atoms with Crippen LogP contribution in [0.5, 0.6) is 5.88 Å². The molecule has 0 aromatic carbocycles. The first-order valence-corrected chi connectivity index (χ1v) is 8.58. The Bertz CT molecular complexity index is 1180. The quantitative estimate of drug-likeness (QED) is 0.544. The zero-order chi connectivity index (χ0) is 19.5. The highest BCUT2D eigenvalue weighted by atomic mass is 19.1. The molecule has 4 rings (SSSR count). The Kier molecular flexibility index (Phi) is 4.73. The van der Waals surface area contributed by atoms with Crippen LogP contribution in [-0.4, -0.2) is 27.0 Å². The van der Waals surface area contributed by atoms with E-state index in [9.17, 15) is 4.39 Å². The second-order valence-corrected chi connectivity index (χ2v) is 6.21. The van der Waals surface area contributed by atoms with E-state index in [-0.39, 0.29) is 5.88 Å². The van der Waals surface area contributed by atoms with Crippen LogP contribution in [0.3, 0.4) is 0 Å². The summed E-state index contributed by atoms with van der Waals surface area (Å²) in [6.45, 7) is 0. The monoisotopic (exact) mass is 371 g/mol. The molecule has 0 saturated heterocycles. The molecule has 4 aromatic rings. The number of rotatable bonds is 5. The summed E-state index contributed by atoms with van der Waals surface area (Å²) in [6.07, 6.45) is 15.0. The van der Waals surface area contributed by atoms with Crippen LogP contribution in [0.15, 0.2) is 49.1 Å². The van der Waals surface area contributed by atoms with Crippen LogP contribution in [0.4, 0.5) is 4.39 Å². The predicted molar refractivity (Wildman–Crippen MR) is 104 cm³/mol. The van der Waals surface area contributed by atoms with Crippen LogP contribution in [-0.2, 0) is 6.42 Å². The highest BCUT2D eigenvalue weighted by Gasteiger charge is 2.10. The zero-order valence-corrected chi connectivity index (χ0v) is 15.1. The van der Waals surface area contributed by atoms with Crippen molar-refractivity contribution in [3.05, 3.63) is 89.2 Å². The third-order valence-electron chi connectivity index (χ3n) is 4.39. The number of nitrogens with zero attached hydrogens (tertiary/aromatic N) is 3. The fourth-order valence-electron chi connectivity index (χ4n) is 3.07. The summed E-state index contributed by atoms with van der Waals surface area (Å²) in [5, 5.41) is 0.959. The third kappa shape index (κ3) is 3.42. The lowest BCUT2D eigenvalue weighted by Crippen LogP contribution is -1.97. The fourth-order valence-corrected chi connectivity index (χ4v) is 3.07. The van der Waals surface area contributed by atoms with Crippen LogP contribution in [0.2, 0.25) is 0 Å². The van der Waals surface area contributed by atoms with Gasteiger partial charge in [0.25, 0.3) is 0 Å². The number of ether oxygens (including phenoxy) is 1. The lowest BCUT2D eigenvalue weighted by Gasteiger charge is -2.05. The second kappa shape index (κ2) is 7.49. The molecule has 137 valence electrons. The van der Waals surface area contributed by atoms with Gasteiger partial charge in [-0.2, -0.15) is 0 Å². The zero-order valence-electron chi connectivity index (χ0n) is 15.1. The molecule has 0 aliphatic heterocycles. The number of pyridine rings is 3. The standard InChI is InChI=1S/C22H16FN4O/c1-3-16-6-7-24-21-20(16)17(13-26-21)8-14-4-5-18(25-11-14)9-15-10-19(23)22(28-2)27-12-15/h1,4-7,9-13H,8H2,2H3,(H,24,26). The summed E-state index contributed by atoms with van der Waals surface area (Å²) in [5.74, 6) is 2.17. The molecule has 0 bridgehead atoms. The van der Waals surface area contributed by atoms with E-state index in [2.05, 4.69) is 25.9 Å². The minimum atomic E-state index is -0.509. The summed E-state index contributed by atoms with van der Waals surface area (Å²) in [7, 11) is 1.38. The van der Waals surface area contributed by atoms with Gasteiger partial charge in [0.2, 0.25) is 5.88 Å². The summed E-state index contributed by atoms with van der Waals surface area (Å²) < 4.78 is 18.6. The molecule has 0 spiro atoms. The molecule has 1 N–H and O–H groups in total. The summed E-state index contributed by atoms with van der Waals surface area (Å²) >= 11 is 0. The molecule has 0 fully saturated rings. The molecule has 28 heavy (non-hydrogen) atoms. The summed E-state index contributed by atoms with van der Waals surface area (Å²) in [5.41, 5.74) is 5.01. The molecule has 0 aliphatic carbocycles. The van der Waals surface area contributed by atoms with Gasteiger partial charge < -0.3 is 9.72 Å². The van der Waals surface area contributed by atoms with E-state index in [0.717, 1.165) is 27.7 Å². The lowest BCUT2D eigenvalue weighted by atomic mass is 10.0. The number of terminal acetylenes is 1. The number of hydrogen-bond acceptors (Lipinski definition) is 4. The molecule has 4 aromatic heterocycles. The highest BCUT2D eigenvalue weighted by Crippen LogP contribution is 2.23. The van der Waals surface area contributed by atoms with E-state index in [4.69, 9.17) is 11.2 Å². The first-order chi connectivity index (χ1) is 13.7. The van der Waals surface area contributed by atoms with Gasteiger partial charge in [-0.1, -0.05) is 12.0 Å². The minimum absolute atomic E-state index is 0.0278. The number of H-pyrrole nitrogens is 1. The molecular weight excluding hydrogens is 355 g/mol. The Morgan fingerprint density at radius 3 is 2.82 bits per heavy atom. The van der Waals surface area contributed by atoms with Gasteiger partial charge in [0.1, 0.15) is 5.65 Å². The fraction of sp³-hybridized carbons (Fsp3) is 0.0909. The Morgan fingerprint density at radius 1 is 1.21 bits per heavy atom. The molecule has 1 radical (unpaired) electrons. The topological polar surface area (TPSA) is 63.7 Å². The lowest BCUT2D eigenvalue weighted by molar-refractivity contribution is 0.369. The van der Waals surface area contributed by atoms with Crippen LogP contribution in [0.25, 0.3) is 11.0 Å². The Morgan fingerprint density at radius 2 is 2.11 bits per heavy atom. The molecule has 6 heteroatoms. The number of fused-ring (bicyclic) bond motifs is 1. The maximum atomic E-state index is 13.8. The van der Waals surface area contributed by atoms with E-state index in [1.54, 1.807) is 18.8 Å². The number of hydrogen-bond donors (Lipinski definition) is 1. The van der Waals surface area contributed by atoms with Crippen molar-refractivity contribution in [2.24, 2.45) is 0 Å². The molecule has 0 unspecified atom stereocenters. The number of nitrogens with one attached hydrogen (secondary N) is 1. The van der Waals surface area contributed by atoms with Crippen molar-refractivity contribution in [3.63, 3.8) is 0 Å². The van der Waals surface area contributed by atoms with Gasteiger partial charge in [0.15, 0.2) is 5.82 Å². The van der Waals surface area contributed by atoms with Crippen molar-refractivity contribution in [1.29, 1.82) is 0 Å². The van der Waals surface area contributed by atoms with Crippen molar-refractivity contribution in [2.75, 3.05) is 7.11 Å². The summed E-state index contributed by atoms with van der Waals surface area (Å²) in [4.78, 5) is 15.8. The minimum Gasteiger partial charge on any atom is -0.479 e. The van der Waals surface area contributed by atoms with Gasteiger partial charge in [-0.3, -0.25) is 4.98 Å². The van der Waals surface area contributed by atoms with Crippen LogP contribution >= 0.6 is 0 Å². The number of methoxy groups -OCH3 is 1. The average Bonchev–Trinajstić information content (AvgIpc) is 3.13. The van der Waals surface area contributed by atoms with E-state index in [0.29, 0.717) is 17.7 Å². The molecule has 5 nitrogen and oxygen atoms in total. The Hall–Kier alpha value is -3.72. The van der Waals surface area contributed by atoms with Gasteiger partial charge in [0, 0.05) is 54.3 Å². The van der Waals surface area contributed by atoms with E-state index in [1.165, 1.54) is 19.4 Å². The Balaban J connectivity index is 1.53. The smallest absolute Gasteiger partial charge is 0.250 e. The van der Waals surface area contributed by atoms with Crippen LogP contribution < -0.4 is 4.74 Å². The largest absolute Gasteiger partial charge is 0.479 e. The van der Waals surface area contributed by atoms with Gasteiger partial charge >= 0.3 is 0 Å². The first-order valence-electron chi connectivity index (χ1n) is 8.58. The molecule has 0 saturated carbocycles. The number of aromatic nitrogens is 4. The van der Waals surface area contributed by atoms with Gasteiger partial charge in [0.05, 0.1) is 7.11 Å². The van der Waals surface area contributed by atoms with E-state index in [1.807, 2.05) is 24.4 Å². The third-order valence-corrected chi connectivity index (χ3v) is 4.39. The van der Waals surface area contributed by atoms with Gasteiger partial charge in [-0.25, -0.2) is 14.4 Å². The van der Waals surface area contributed by atoms with E-state index >= 15 is 0 Å². The van der Waals surface area contributed by atoms with Gasteiger partial charge in [-0.05, 0) is 34.9 Å². The average molecular weight is 371 g/mol. The maximum Gasteiger partial charge on any atom is 0.250 e. The van der Waals surface area contributed by atoms with Crippen molar-refractivity contribution in [3.8, 4) is 18.2 Å². The molecular formula is C22H16FN4O. The Labute approximate surface area is 161 Å². The van der Waals surface area contributed by atoms with Crippen molar-refractivity contribution >= 4 is 11.0 Å². The predicted octanol–water partition coefficient (Wildman–Crippen LogP) is 3.67. The molecule has 0 aliphatic rings. The molecule has 0 atom stereocenters. The van der Waals surface area contributed by atoms with Crippen LogP contribution in [0, 0.1) is 24.6 Å². The maximum absolute atomic E-state index is 13.8. The van der Waals surface area contributed by atoms with Gasteiger partial charge in [-0.15, -0.1) is 6.42 Å². The first kappa shape index (κ1) is 17.7. The normalized spacial score (nSPS) is 10.8. The van der Waals surface area contributed by atoms with Crippen molar-refractivity contribution in [1.82, 2.24) is 19.9 Å².